The molecule has 54 valence electrons. The molecule has 0 atom stereocenters. The lowest BCUT2D eigenvalue weighted by atomic mass is 10.5. The Hall–Kier alpha value is -0.260. The Bertz CT molecular complexity index is 83.5. The molecule has 1 N–H and O–H groups in total. The third-order valence-electron chi connectivity index (χ3n) is 1.33. The quantitative estimate of drug-likeness (QED) is 0.413. The van der Waals surface area contributed by atoms with Crippen LogP contribution in [0.15, 0.2) is 0 Å². The zero-order valence-electron chi connectivity index (χ0n) is 5.95. The average molecular weight is 149 g/mol. The fourth-order valence-electron chi connectivity index (χ4n) is 0.612. The lowest BCUT2D eigenvalue weighted by Gasteiger charge is -2.08. The van der Waals surface area contributed by atoms with Crippen LogP contribution >= 0.6 is 0 Å². The van der Waals surface area contributed by atoms with Gasteiger partial charge in [0.15, 0.2) is 6.54 Å². The first-order chi connectivity index (χ1) is 3.85. The first-order valence-electron chi connectivity index (χ1n) is 3.05. The van der Waals surface area contributed by atoms with E-state index in [4.69, 9.17) is 5.26 Å². The van der Waals surface area contributed by atoms with E-state index < -0.39 is 0 Å². The molecule has 0 saturated heterocycles. The van der Waals surface area contributed by atoms with Crippen LogP contribution in [0.3, 0.4) is 0 Å². The van der Waals surface area contributed by atoms with Crippen LogP contribution < -0.4 is 17.3 Å². The normalized spacial score (nSPS) is 8.22. The molecule has 0 heterocycles. The van der Waals surface area contributed by atoms with Gasteiger partial charge in [0.25, 0.3) is 0 Å². The number of nitrogens with zero attached hydrogens (tertiary/aromatic N) is 1. The molecular formula is C6H13ClN2. The maximum Gasteiger partial charge on any atom is 0.165 e. The van der Waals surface area contributed by atoms with E-state index in [1.54, 1.807) is 0 Å². The second-order valence-corrected chi connectivity index (χ2v) is 1.79. The third kappa shape index (κ3) is 5.61. The molecule has 0 amide bonds. The summed E-state index contributed by atoms with van der Waals surface area (Å²) in [6, 6.07) is 2.13. The molecule has 0 fully saturated rings. The molecule has 0 aliphatic heterocycles. The van der Waals surface area contributed by atoms with Gasteiger partial charge in [-0.15, -0.1) is 0 Å². The largest absolute Gasteiger partial charge is 1.00 e. The highest BCUT2D eigenvalue weighted by Gasteiger charge is 1.96. The minimum absolute atomic E-state index is 0. The highest BCUT2D eigenvalue weighted by atomic mass is 35.5. The SMILES string of the molecule is CC[NH+](CC)CC#N.[Cl-]. The average Bonchev–Trinajstić information content (AvgIpc) is 1.83. The van der Waals surface area contributed by atoms with Gasteiger partial charge in [-0.05, 0) is 13.8 Å². The van der Waals surface area contributed by atoms with Gasteiger partial charge in [0.05, 0.1) is 13.1 Å². The van der Waals surface area contributed by atoms with E-state index in [2.05, 4.69) is 19.9 Å². The summed E-state index contributed by atoms with van der Waals surface area (Å²) in [5.41, 5.74) is 0. The minimum atomic E-state index is 0. The van der Waals surface area contributed by atoms with Crippen LogP contribution in [0, 0.1) is 11.3 Å². The van der Waals surface area contributed by atoms with Crippen molar-refractivity contribution in [2.24, 2.45) is 0 Å². The molecule has 0 radical (unpaired) electrons. The summed E-state index contributed by atoms with van der Waals surface area (Å²) in [7, 11) is 0. The minimum Gasteiger partial charge on any atom is -1.00 e. The van der Waals surface area contributed by atoms with Crippen molar-refractivity contribution in [2.75, 3.05) is 19.6 Å². The maximum absolute atomic E-state index is 8.23. The second kappa shape index (κ2) is 7.74. The van der Waals surface area contributed by atoms with Crippen molar-refractivity contribution in [1.29, 1.82) is 5.26 Å². The van der Waals surface area contributed by atoms with Gasteiger partial charge in [-0.25, -0.2) is 0 Å². The predicted octanol–water partition coefficient (Wildman–Crippen LogP) is -3.56. The monoisotopic (exact) mass is 148 g/mol. The van der Waals surface area contributed by atoms with Gasteiger partial charge in [0, 0.05) is 0 Å². The molecule has 0 bridgehead atoms. The summed E-state index contributed by atoms with van der Waals surface area (Å²) in [5, 5.41) is 8.23. The molecule has 0 aromatic heterocycles. The first-order valence-corrected chi connectivity index (χ1v) is 3.05. The molecule has 0 aromatic carbocycles. The Labute approximate surface area is 62.9 Å². The predicted molar refractivity (Wildman–Crippen MR) is 32.5 cm³/mol. The van der Waals surface area contributed by atoms with Crippen LogP contribution in [-0.2, 0) is 0 Å². The number of nitrogens with one attached hydrogen (secondary N) is 1. The van der Waals surface area contributed by atoms with E-state index in [0.29, 0.717) is 6.54 Å². The molecule has 0 rings (SSSR count). The molecule has 2 nitrogen and oxygen atoms in total. The van der Waals surface area contributed by atoms with Crippen molar-refractivity contribution >= 4 is 0 Å². The Morgan fingerprint density at radius 3 is 1.89 bits per heavy atom. The van der Waals surface area contributed by atoms with E-state index in [1.807, 2.05) is 0 Å². The molecule has 0 aliphatic carbocycles. The topological polar surface area (TPSA) is 28.2 Å². The summed E-state index contributed by atoms with van der Waals surface area (Å²) in [6.45, 7) is 6.95. The summed E-state index contributed by atoms with van der Waals surface area (Å²) >= 11 is 0. The van der Waals surface area contributed by atoms with E-state index in [-0.39, 0.29) is 12.4 Å². The summed E-state index contributed by atoms with van der Waals surface area (Å²) in [4.78, 5) is 1.35. The zero-order chi connectivity index (χ0) is 6.41. The summed E-state index contributed by atoms with van der Waals surface area (Å²) in [5.74, 6) is 0. The Morgan fingerprint density at radius 2 is 1.78 bits per heavy atom. The van der Waals surface area contributed by atoms with E-state index in [0.717, 1.165) is 13.1 Å². The Morgan fingerprint density at radius 1 is 1.33 bits per heavy atom. The van der Waals surface area contributed by atoms with Gasteiger partial charge in [-0.3, -0.25) is 0 Å². The number of quaternary nitrogens is 1. The molecule has 0 aliphatic rings. The standard InChI is InChI=1S/C6H12N2.ClH/c1-3-8(4-2)6-5-7;/h3-4,6H2,1-2H3;1H. The number of nitriles is 1. The van der Waals surface area contributed by atoms with Gasteiger partial charge < -0.3 is 17.3 Å². The van der Waals surface area contributed by atoms with Gasteiger partial charge in [-0.1, -0.05) is 0 Å². The molecule has 3 heteroatoms. The van der Waals surface area contributed by atoms with E-state index in [9.17, 15) is 0 Å². The van der Waals surface area contributed by atoms with Crippen molar-refractivity contribution in [2.45, 2.75) is 13.8 Å². The Kier molecular flexibility index (Phi) is 9.91. The van der Waals surface area contributed by atoms with Crippen LogP contribution in [0.1, 0.15) is 13.8 Å². The number of hydrogen-bond acceptors (Lipinski definition) is 1. The van der Waals surface area contributed by atoms with Crippen LogP contribution in [-0.4, -0.2) is 19.6 Å². The van der Waals surface area contributed by atoms with Crippen molar-refractivity contribution in [3.8, 4) is 6.07 Å². The highest BCUT2D eigenvalue weighted by Crippen LogP contribution is 1.46. The molecule has 0 spiro atoms. The third-order valence-corrected chi connectivity index (χ3v) is 1.33. The zero-order valence-corrected chi connectivity index (χ0v) is 6.70. The van der Waals surface area contributed by atoms with E-state index in [1.165, 1.54) is 4.90 Å². The van der Waals surface area contributed by atoms with Gasteiger partial charge in [0.1, 0.15) is 6.07 Å². The molecule has 9 heavy (non-hydrogen) atoms. The van der Waals surface area contributed by atoms with Gasteiger partial charge in [-0.2, -0.15) is 5.26 Å². The maximum atomic E-state index is 8.23. The van der Waals surface area contributed by atoms with Crippen molar-refractivity contribution in [1.82, 2.24) is 0 Å². The van der Waals surface area contributed by atoms with Crippen LogP contribution in [0.5, 0.6) is 0 Å². The number of hydrogen-bond donors (Lipinski definition) is 1. The summed E-state index contributed by atoms with van der Waals surface area (Å²) in [6.07, 6.45) is 0. The van der Waals surface area contributed by atoms with Gasteiger partial charge in [0.2, 0.25) is 0 Å². The lowest BCUT2D eigenvalue weighted by Crippen LogP contribution is -3.11. The van der Waals surface area contributed by atoms with Crippen LogP contribution in [0.2, 0.25) is 0 Å². The van der Waals surface area contributed by atoms with Crippen molar-refractivity contribution in [3.05, 3.63) is 0 Å². The molecule has 0 aromatic rings. The molecular weight excluding hydrogens is 136 g/mol. The van der Waals surface area contributed by atoms with Crippen molar-refractivity contribution in [3.63, 3.8) is 0 Å². The Balaban J connectivity index is 0. The number of halogens is 1. The van der Waals surface area contributed by atoms with Gasteiger partial charge >= 0.3 is 0 Å². The molecule has 0 saturated carbocycles. The van der Waals surface area contributed by atoms with E-state index >= 15 is 0 Å². The number of rotatable bonds is 3. The second-order valence-electron chi connectivity index (χ2n) is 1.79. The lowest BCUT2D eigenvalue weighted by molar-refractivity contribution is -0.889. The first kappa shape index (κ1) is 11.5. The van der Waals surface area contributed by atoms with Crippen LogP contribution in [0.4, 0.5) is 0 Å². The van der Waals surface area contributed by atoms with Crippen molar-refractivity contribution < 1.29 is 17.3 Å². The highest BCUT2D eigenvalue weighted by molar-refractivity contribution is 4.64. The van der Waals surface area contributed by atoms with Crippen LogP contribution in [0.25, 0.3) is 0 Å². The fraction of sp³-hybridized carbons (Fsp3) is 0.833. The smallest absolute Gasteiger partial charge is 0.165 e. The summed E-state index contributed by atoms with van der Waals surface area (Å²) < 4.78 is 0. The molecule has 0 unspecified atom stereocenters. The fourth-order valence-corrected chi connectivity index (χ4v) is 0.612.